The van der Waals surface area contributed by atoms with Crippen LogP contribution < -0.4 is 10.8 Å². The van der Waals surface area contributed by atoms with Crippen LogP contribution >= 0.6 is 0 Å². The van der Waals surface area contributed by atoms with Gasteiger partial charge in [-0.3, -0.25) is 9.63 Å². The minimum atomic E-state index is 0.283. The molecule has 0 spiro atoms. The number of rotatable bonds is 7. The first-order chi connectivity index (χ1) is 7.34. The van der Waals surface area contributed by atoms with Crippen LogP contribution in [0.1, 0.15) is 18.5 Å². The van der Waals surface area contributed by atoms with Crippen LogP contribution in [-0.4, -0.2) is 19.6 Å². The molecule has 1 aromatic rings. The summed E-state index contributed by atoms with van der Waals surface area (Å²) in [4.78, 5) is 14.7. The average molecular weight is 208 g/mol. The summed E-state index contributed by atoms with van der Waals surface area (Å²) in [6, 6.07) is 10.4. The molecule has 1 rings (SSSR count). The van der Waals surface area contributed by atoms with Gasteiger partial charge in [0.05, 0.1) is 6.61 Å². The van der Waals surface area contributed by atoms with E-state index in [-0.39, 0.29) is 6.04 Å². The highest BCUT2D eigenvalue weighted by atomic mass is 16.6. The second-order valence-corrected chi connectivity index (χ2v) is 3.17. The van der Waals surface area contributed by atoms with Crippen LogP contribution in [0, 0.1) is 0 Å². The van der Waals surface area contributed by atoms with E-state index in [9.17, 15) is 4.79 Å². The number of carbonyl (C=O) groups is 1. The second-order valence-electron chi connectivity index (χ2n) is 3.17. The Hall–Kier alpha value is -1.39. The molecule has 1 aromatic carbocycles. The molecule has 0 heterocycles. The van der Waals surface area contributed by atoms with Crippen molar-refractivity contribution in [3.8, 4) is 0 Å². The van der Waals surface area contributed by atoms with Crippen molar-refractivity contribution in [1.82, 2.24) is 10.8 Å². The Bertz CT molecular complexity index is 277. The standard InChI is InChI=1S/C11H16N2O2/c1-10(11-5-3-2-4-6-11)12-7-8-15-13-9-14/h2-6,9-10,12H,7-8H2,1H3,(H,13,14)/t10-/m0/s1. The summed E-state index contributed by atoms with van der Waals surface area (Å²) in [7, 11) is 0. The lowest BCUT2D eigenvalue weighted by Gasteiger charge is -2.13. The van der Waals surface area contributed by atoms with Crippen molar-refractivity contribution in [3.05, 3.63) is 35.9 Å². The maximum absolute atomic E-state index is 9.87. The van der Waals surface area contributed by atoms with Crippen molar-refractivity contribution >= 4 is 6.41 Å². The Labute approximate surface area is 89.6 Å². The quantitative estimate of drug-likeness (QED) is 0.399. The zero-order chi connectivity index (χ0) is 10.9. The highest BCUT2D eigenvalue weighted by Gasteiger charge is 2.02. The second kappa shape index (κ2) is 6.98. The summed E-state index contributed by atoms with van der Waals surface area (Å²) in [5.41, 5.74) is 3.38. The SMILES string of the molecule is C[C@H](NCCONC=O)c1ccccc1. The Morgan fingerprint density at radius 3 is 2.80 bits per heavy atom. The van der Waals surface area contributed by atoms with E-state index in [1.54, 1.807) is 0 Å². The molecule has 0 saturated heterocycles. The first-order valence-corrected chi connectivity index (χ1v) is 4.94. The van der Waals surface area contributed by atoms with E-state index >= 15 is 0 Å². The number of hydrogen-bond donors (Lipinski definition) is 2. The normalized spacial score (nSPS) is 12.1. The largest absolute Gasteiger partial charge is 0.308 e. The van der Waals surface area contributed by atoms with Gasteiger partial charge in [0.25, 0.3) is 0 Å². The predicted molar refractivity (Wildman–Crippen MR) is 58.0 cm³/mol. The first-order valence-electron chi connectivity index (χ1n) is 4.94. The lowest BCUT2D eigenvalue weighted by molar-refractivity contribution is -0.120. The van der Waals surface area contributed by atoms with Gasteiger partial charge in [0.15, 0.2) is 0 Å². The number of carbonyl (C=O) groups excluding carboxylic acids is 1. The average Bonchev–Trinajstić information content (AvgIpc) is 2.30. The molecule has 0 aliphatic carbocycles. The molecule has 4 heteroatoms. The number of amides is 1. The first kappa shape index (κ1) is 11.7. The summed E-state index contributed by atoms with van der Waals surface area (Å²) in [5, 5.41) is 3.28. The van der Waals surface area contributed by atoms with Gasteiger partial charge in [-0.1, -0.05) is 30.3 Å². The summed E-state index contributed by atoms with van der Waals surface area (Å²) in [6.07, 6.45) is 0.515. The third kappa shape index (κ3) is 4.58. The Morgan fingerprint density at radius 1 is 1.40 bits per heavy atom. The van der Waals surface area contributed by atoms with E-state index in [1.807, 2.05) is 18.2 Å². The van der Waals surface area contributed by atoms with Gasteiger partial charge in [0.1, 0.15) is 0 Å². The lowest BCUT2D eigenvalue weighted by atomic mass is 10.1. The molecule has 0 unspecified atom stereocenters. The van der Waals surface area contributed by atoms with Gasteiger partial charge >= 0.3 is 0 Å². The zero-order valence-corrected chi connectivity index (χ0v) is 8.77. The topological polar surface area (TPSA) is 50.4 Å². The zero-order valence-electron chi connectivity index (χ0n) is 8.77. The fourth-order valence-corrected chi connectivity index (χ4v) is 1.28. The van der Waals surface area contributed by atoms with E-state index in [0.29, 0.717) is 19.6 Å². The van der Waals surface area contributed by atoms with Crippen molar-refractivity contribution in [2.24, 2.45) is 0 Å². The van der Waals surface area contributed by atoms with Crippen LogP contribution in [0.15, 0.2) is 30.3 Å². The van der Waals surface area contributed by atoms with Gasteiger partial charge in [0.2, 0.25) is 6.41 Å². The third-order valence-corrected chi connectivity index (χ3v) is 2.09. The molecule has 82 valence electrons. The van der Waals surface area contributed by atoms with Gasteiger partial charge in [0, 0.05) is 12.6 Å². The Kier molecular flexibility index (Phi) is 5.43. The third-order valence-electron chi connectivity index (χ3n) is 2.09. The summed E-state index contributed by atoms with van der Waals surface area (Å²) in [5.74, 6) is 0. The van der Waals surface area contributed by atoms with E-state index in [1.165, 1.54) is 5.56 Å². The minimum absolute atomic E-state index is 0.283. The highest BCUT2D eigenvalue weighted by molar-refractivity contribution is 5.43. The molecular weight excluding hydrogens is 192 g/mol. The van der Waals surface area contributed by atoms with Crippen molar-refractivity contribution in [2.75, 3.05) is 13.2 Å². The van der Waals surface area contributed by atoms with Crippen molar-refractivity contribution in [3.63, 3.8) is 0 Å². The molecule has 0 saturated carbocycles. The molecule has 1 amide bonds. The fraction of sp³-hybridized carbons (Fsp3) is 0.364. The molecule has 1 atom stereocenters. The monoisotopic (exact) mass is 208 g/mol. The highest BCUT2D eigenvalue weighted by Crippen LogP contribution is 2.10. The van der Waals surface area contributed by atoms with Gasteiger partial charge in [-0.2, -0.15) is 0 Å². The summed E-state index contributed by atoms with van der Waals surface area (Å²) < 4.78 is 0. The maximum atomic E-state index is 9.87. The van der Waals surface area contributed by atoms with Crippen LogP contribution in [0.5, 0.6) is 0 Å². The van der Waals surface area contributed by atoms with Crippen LogP contribution in [0.4, 0.5) is 0 Å². The molecule has 0 fully saturated rings. The van der Waals surface area contributed by atoms with Gasteiger partial charge in [-0.25, -0.2) is 5.48 Å². The molecular formula is C11H16N2O2. The van der Waals surface area contributed by atoms with Gasteiger partial charge in [-0.15, -0.1) is 0 Å². The smallest absolute Gasteiger partial charge is 0.230 e. The van der Waals surface area contributed by atoms with Gasteiger partial charge < -0.3 is 5.32 Å². The molecule has 4 nitrogen and oxygen atoms in total. The molecule has 0 aliphatic heterocycles. The molecule has 0 bridgehead atoms. The minimum Gasteiger partial charge on any atom is -0.308 e. The van der Waals surface area contributed by atoms with Crippen molar-refractivity contribution in [2.45, 2.75) is 13.0 Å². The Balaban J connectivity index is 2.19. The maximum Gasteiger partial charge on any atom is 0.230 e. The lowest BCUT2D eigenvalue weighted by Crippen LogP contribution is -2.26. The van der Waals surface area contributed by atoms with Crippen LogP contribution in [-0.2, 0) is 9.63 Å². The van der Waals surface area contributed by atoms with Crippen molar-refractivity contribution < 1.29 is 9.63 Å². The van der Waals surface area contributed by atoms with Crippen LogP contribution in [0.2, 0.25) is 0 Å². The van der Waals surface area contributed by atoms with Crippen LogP contribution in [0.25, 0.3) is 0 Å². The molecule has 0 radical (unpaired) electrons. The molecule has 2 N–H and O–H groups in total. The van der Waals surface area contributed by atoms with Gasteiger partial charge in [-0.05, 0) is 12.5 Å². The summed E-state index contributed by atoms with van der Waals surface area (Å²) >= 11 is 0. The van der Waals surface area contributed by atoms with E-state index in [2.05, 4.69) is 29.9 Å². The number of hydroxylamine groups is 1. The van der Waals surface area contributed by atoms with Crippen molar-refractivity contribution in [1.29, 1.82) is 0 Å². The molecule has 0 aliphatic rings. The Morgan fingerprint density at radius 2 is 2.13 bits per heavy atom. The predicted octanol–water partition coefficient (Wildman–Crippen LogP) is 1.01. The molecule has 15 heavy (non-hydrogen) atoms. The van der Waals surface area contributed by atoms with E-state index in [4.69, 9.17) is 4.84 Å². The molecule has 0 aromatic heterocycles. The van der Waals surface area contributed by atoms with E-state index < -0.39 is 0 Å². The number of benzene rings is 1. The number of nitrogens with one attached hydrogen (secondary N) is 2. The van der Waals surface area contributed by atoms with E-state index in [0.717, 1.165) is 0 Å². The van der Waals surface area contributed by atoms with Crippen LogP contribution in [0.3, 0.4) is 0 Å². The fourth-order valence-electron chi connectivity index (χ4n) is 1.28. The number of hydrogen-bond acceptors (Lipinski definition) is 3. The summed E-state index contributed by atoms with van der Waals surface area (Å²) in [6.45, 7) is 3.23.